The zero-order valence-corrected chi connectivity index (χ0v) is 14.9. The molecule has 6 heteroatoms. The number of hydrogen-bond acceptors (Lipinski definition) is 2. The molecule has 1 aliphatic heterocycles. The second kappa shape index (κ2) is 7.56. The second-order valence-electron chi connectivity index (χ2n) is 6.53. The molecular formula is C20H22FN3O2. The van der Waals surface area contributed by atoms with Gasteiger partial charge in [-0.3, -0.25) is 4.79 Å². The Morgan fingerprint density at radius 1 is 1.08 bits per heavy atom. The number of nitrogens with one attached hydrogen (secondary N) is 2. The molecule has 2 N–H and O–H groups in total. The van der Waals surface area contributed by atoms with Gasteiger partial charge < -0.3 is 15.5 Å². The van der Waals surface area contributed by atoms with E-state index in [2.05, 4.69) is 10.6 Å². The van der Waals surface area contributed by atoms with Gasteiger partial charge in [-0.1, -0.05) is 12.1 Å². The average molecular weight is 355 g/mol. The quantitative estimate of drug-likeness (QED) is 0.871. The molecule has 0 aromatic heterocycles. The van der Waals surface area contributed by atoms with Crippen molar-refractivity contribution in [1.82, 2.24) is 4.90 Å². The number of nitrogens with zero attached hydrogens (tertiary/aromatic N) is 1. The van der Waals surface area contributed by atoms with E-state index < -0.39 is 6.04 Å². The molecule has 0 saturated carbocycles. The van der Waals surface area contributed by atoms with Crippen LogP contribution in [0.1, 0.15) is 24.0 Å². The lowest BCUT2D eigenvalue weighted by atomic mass is 10.1. The van der Waals surface area contributed by atoms with Gasteiger partial charge in [0, 0.05) is 17.9 Å². The van der Waals surface area contributed by atoms with Gasteiger partial charge in [0.1, 0.15) is 11.9 Å². The summed E-state index contributed by atoms with van der Waals surface area (Å²) in [5.74, 6) is -0.555. The predicted molar refractivity (Wildman–Crippen MR) is 99.7 cm³/mol. The van der Waals surface area contributed by atoms with E-state index in [0.29, 0.717) is 18.7 Å². The summed E-state index contributed by atoms with van der Waals surface area (Å²) in [6, 6.07) is 10.4. The number of amides is 3. The monoisotopic (exact) mass is 355 g/mol. The van der Waals surface area contributed by atoms with Crippen molar-refractivity contribution >= 4 is 23.3 Å². The lowest BCUT2D eigenvalue weighted by molar-refractivity contribution is -0.119. The highest BCUT2D eigenvalue weighted by Crippen LogP contribution is 2.23. The molecule has 26 heavy (non-hydrogen) atoms. The van der Waals surface area contributed by atoms with Crippen molar-refractivity contribution in [3.63, 3.8) is 0 Å². The summed E-state index contributed by atoms with van der Waals surface area (Å²) in [6.07, 6.45) is 1.38. The molecule has 5 nitrogen and oxygen atoms in total. The predicted octanol–water partition coefficient (Wildman–Crippen LogP) is 4.08. The third-order valence-corrected chi connectivity index (χ3v) is 4.77. The second-order valence-corrected chi connectivity index (χ2v) is 6.53. The van der Waals surface area contributed by atoms with E-state index in [1.54, 1.807) is 0 Å². The van der Waals surface area contributed by atoms with Gasteiger partial charge in [0.25, 0.3) is 0 Å². The molecule has 0 spiro atoms. The number of rotatable bonds is 3. The first-order valence-corrected chi connectivity index (χ1v) is 8.66. The van der Waals surface area contributed by atoms with E-state index >= 15 is 0 Å². The van der Waals surface area contributed by atoms with Crippen LogP contribution in [-0.4, -0.2) is 29.4 Å². The highest BCUT2D eigenvalue weighted by Gasteiger charge is 2.34. The summed E-state index contributed by atoms with van der Waals surface area (Å²) in [5, 5.41) is 5.66. The maximum atomic E-state index is 13.0. The van der Waals surface area contributed by atoms with Crippen LogP contribution in [0, 0.1) is 19.7 Å². The fourth-order valence-electron chi connectivity index (χ4n) is 3.11. The maximum absolute atomic E-state index is 13.0. The molecule has 0 radical (unpaired) electrons. The van der Waals surface area contributed by atoms with Crippen LogP contribution in [0.15, 0.2) is 42.5 Å². The van der Waals surface area contributed by atoms with Gasteiger partial charge in [-0.2, -0.15) is 0 Å². The number of carbonyl (C=O) groups is 2. The van der Waals surface area contributed by atoms with Crippen molar-refractivity contribution in [2.45, 2.75) is 32.7 Å². The number of urea groups is 1. The Hall–Kier alpha value is -2.89. The van der Waals surface area contributed by atoms with Crippen molar-refractivity contribution in [3.8, 4) is 0 Å². The zero-order chi connectivity index (χ0) is 18.7. The topological polar surface area (TPSA) is 61.4 Å². The Bertz CT molecular complexity index is 820. The largest absolute Gasteiger partial charge is 0.324 e. The summed E-state index contributed by atoms with van der Waals surface area (Å²) in [5.41, 5.74) is 3.37. The molecule has 1 aliphatic rings. The lowest BCUT2D eigenvalue weighted by Gasteiger charge is -2.24. The molecule has 0 bridgehead atoms. The van der Waals surface area contributed by atoms with E-state index in [0.717, 1.165) is 23.2 Å². The summed E-state index contributed by atoms with van der Waals surface area (Å²) in [4.78, 5) is 26.8. The standard InChI is InChI=1S/C20H22FN3O2/c1-13-5-3-6-17(14(13)2)23-19(25)18-7-4-12-24(18)20(26)22-16-10-8-15(21)9-11-16/h3,5-6,8-11,18H,4,7,12H2,1-2H3,(H,22,26)(H,23,25). The van der Waals surface area contributed by atoms with E-state index in [-0.39, 0.29) is 17.8 Å². The van der Waals surface area contributed by atoms with Crippen molar-refractivity contribution in [2.24, 2.45) is 0 Å². The van der Waals surface area contributed by atoms with E-state index in [4.69, 9.17) is 0 Å². The molecule has 2 aromatic carbocycles. The first-order valence-electron chi connectivity index (χ1n) is 8.66. The van der Waals surface area contributed by atoms with Gasteiger partial charge >= 0.3 is 6.03 Å². The maximum Gasteiger partial charge on any atom is 0.322 e. The van der Waals surface area contributed by atoms with Gasteiger partial charge in [0.15, 0.2) is 0 Å². The third-order valence-electron chi connectivity index (χ3n) is 4.77. The molecular weight excluding hydrogens is 333 g/mol. The number of anilines is 2. The fourth-order valence-corrected chi connectivity index (χ4v) is 3.11. The Balaban J connectivity index is 1.68. The number of likely N-dealkylation sites (tertiary alicyclic amines) is 1. The molecule has 1 unspecified atom stereocenters. The molecule has 3 amide bonds. The SMILES string of the molecule is Cc1cccc(NC(=O)C2CCCN2C(=O)Nc2ccc(F)cc2)c1C. The van der Waals surface area contributed by atoms with Crippen molar-refractivity contribution < 1.29 is 14.0 Å². The molecule has 1 fully saturated rings. The molecule has 1 saturated heterocycles. The van der Waals surface area contributed by atoms with Gasteiger partial charge in [-0.25, -0.2) is 9.18 Å². The summed E-state index contributed by atoms with van der Waals surface area (Å²) >= 11 is 0. The Morgan fingerprint density at radius 2 is 1.81 bits per heavy atom. The van der Waals surface area contributed by atoms with Gasteiger partial charge in [-0.05, 0) is 68.1 Å². The summed E-state index contributed by atoms with van der Waals surface area (Å²) in [6.45, 7) is 4.46. The van der Waals surface area contributed by atoms with Crippen LogP contribution >= 0.6 is 0 Å². The summed E-state index contributed by atoms with van der Waals surface area (Å²) in [7, 11) is 0. The van der Waals surface area contributed by atoms with E-state index in [1.165, 1.54) is 29.2 Å². The minimum atomic E-state index is -0.518. The lowest BCUT2D eigenvalue weighted by Crippen LogP contribution is -2.45. The fraction of sp³-hybridized carbons (Fsp3) is 0.300. The minimum Gasteiger partial charge on any atom is -0.324 e. The highest BCUT2D eigenvalue weighted by molar-refractivity contribution is 6.00. The molecule has 3 rings (SSSR count). The van der Waals surface area contributed by atoms with Gasteiger partial charge in [-0.15, -0.1) is 0 Å². The molecule has 1 atom stereocenters. The Morgan fingerprint density at radius 3 is 2.54 bits per heavy atom. The average Bonchev–Trinajstić information content (AvgIpc) is 3.11. The van der Waals surface area contributed by atoms with Crippen molar-refractivity contribution in [2.75, 3.05) is 17.2 Å². The normalized spacial score (nSPS) is 16.4. The highest BCUT2D eigenvalue weighted by atomic mass is 19.1. The molecule has 136 valence electrons. The summed E-state index contributed by atoms with van der Waals surface area (Å²) < 4.78 is 13.0. The molecule has 0 aliphatic carbocycles. The van der Waals surface area contributed by atoms with Crippen LogP contribution in [0.2, 0.25) is 0 Å². The first-order chi connectivity index (χ1) is 12.5. The number of halogens is 1. The number of hydrogen-bond donors (Lipinski definition) is 2. The first kappa shape index (κ1) is 17.9. The smallest absolute Gasteiger partial charge is 0.322 e. The van der Waals surface area contributed by atoms with Crippen molar-refractivity contribution in [3.05, 3.63) is 59.4 Å². The van der Waals surface area contributed by atoms with Gasteiger partial charge in [0.05, 0.1) is 0 Å². The minimum absolute atomic E-state index is 0.189. The van der Waals surface area contributed by atoms with Crippen LogP contribution in [0.25, 0.3) is 0 Å². The van der Waals surface area contributed by atoms with Crippen LogP contribution in [0.4, 0.5) is 20.6 Å². The number of benzene rings is 2. The van der Waals surface area contributed by atoms with E-state index in [1.807, 2.05) is 32.0 Å². The van der Waals surface area contributed by atoms with Gasteiger partial charge in [0.2, 0.25) is 5.91 Å². The number of aryl methyl sites for hydroxylation is 1. The van der Waals surface area contributed by atoms with Crippen molar-refractivity contribution in [1.29, 1.82) is 0 Å². The van der Waals surface area contributed by atoms with Crippen LogP contribution < -0.4 is 10.6 Å². The molecule has 1 heterocycles. The Labute approximate surface area is 152 Å². The third kappa shape index (κ3) is 3.85. The van der Waals surface area contributed by atoms with Crippen LogP contribution in [0.3, 0.4) is 0 Å². The number of carbonyl (C=O) groups excluding carboxylic acids is 2. The van der Waals surface area contributed by atoms with Crippen LogP contribution in [0.5, 0.6) is 0 Å². The zero-order valence-electron chi connectivity index (χ0n) is 14.9. The molecule has 2 aromatic rings. The van der Waals surface area contributed by atoms with E-state index in [9.17, 15) is 14.0 Å². The Kier molecular flexibility index (Phi) is 5.21. The van der Waals surface area contributed by atoms with Crippen LogP contribution in [-0.2, 0) is 4.79 Å².